The van der Waals surface area contributed by atoms with E-state index in [1.807, 2.05) is 49.1 Å². The van der Waals surface area contributed by atoms with Crippen molar-refractivity contribution in [3.8, 4) is 72.8 Å². The summed E-state index contributed by atoms with van der Waals surface area (Å²) in [5.74, 6) is 0. The van der Waals surface area contributed by atoms with Crippen molar-refractivity contribution in [2.45, 2.75) is 0 Å². The van der Waals surface area contributed by atoms with Gasteiger partial charge in [-0.3, -0.25) is 9.97 Å². The molecule has 0 bridgehead atoms. The van der Waals surface area contributed by atoms with Crippen LogP contribution < -0.4 is 0 Å². The smallest absolute Gasteiger partial charge is 0.0788 e. The van der Waals surface area contributed by atoms with Crippen molar-refractivity contribution >= 4 is 43.5 Å². The zero-order valence-corrected chi connectivity index (χ0v) is 34.1. The second-order valence-electron chi connectivity index (χ2n) is 15.9. The quantitative estimate of drug-likeness (QED) is 0.151. The summed E-state index contributed by atoms with van der Waals surface area (Å²) in [4.78, 5) is 19.0. The van der Waals surface area contributed by atoms with Gasteiger partial charge in [0, 0.05) is 74.1 Å². The highest BCUT2D eigenvalue weighted by Crippen LogP contribution is 2.43. The topological polar surface area (TPSA) is 56.5 Å². The minimum Gasteiger partial charge on any atom is -0.309 e. The van der Waals surface area contributed by atoms with Crippen molar-refractivity contribution < 1.29 is 0 Å². The maximum atomic E-state index is 5.32. The Morgan fingerprint density at radius 1 is 0.317 bits per heavy atom. The van der Waals surface area contributed by atoms with Gasteiger partial charge in [-0.1, -0.05) is 140 Å². The van der Waals surface area contributed by atoms with Crippen LogP contribution in [0.1, 0.15) is 0 Å². The monoisotopic (exact) mass is 803 g/mol. The molecule has 12 aromatic rings. The van der Waals surface area contributed by atoms with Crippen LogP contribution in [0.5, 0.6) is 0 Å². The molecular weight excluding hydrogens is 767 g/mol. The van der Waals surface area contributed by atoms with Gasteiger partial charge in [0.25, 0.3) is 0 Å². The number of nitrogens with zero attached hydrogens (tertiary/aromatic N) is 5. The van der Waals surface area contributed by atoms with Crippen molar-refractivity contribution in [3.63, 3.8) is 0 Å². The fourth-order valence-electron chi connectivity index (χ4n) is 9.15. The Hall–Kier alpha value is -8.54. The Labute approximate surface area is 364 Å². The molecule has 0 unspecified atom stereocenters. The van der Waals surface area contributed by atoms with Gasteiger partial charge in [-0.15, -0.1) is 0 Å². The van der Waals surface area contributed by atoms with E-state index < -0.39 is 0 Å². The molecule has 5 nitrogen and oxygen atoms in total. The molecule has 0 radical (unpaired) electrons. The molecular formula is C58H37N5. The molecule has 7 aromatic carbocycles. The molecule has 0 saturated carbocycles. The number of rotatable bonds is 7. The SMILES string of the molecule is c1ccc(-c2nc3ccccc3c3c2ccc2c4ccccc4n(-c4cccc(-c5cc(-c6ccc(-c7ccncc7)cc6)nc(-c6ccc(-c7ccncc7)cc6)c5)c4)c23)cc1. The normalized spacial score (nSPS) is 11.5. The molecule has 63 heavy (non-hydrogen) atoms. The third kappa shape index (κ3) is 6.42. The lowest BCUT2D eigenvalue weighted by Gasteiger charge is -2.15. The van der Waals surface area contributed by atoms with Crippen molar-refractivity contribution in [2.75, 3.05) is 0 Å². The van der Waals surface area contributed by atoms with Gasteiger partial charge in [0.05, 0.1) is 33.6 Å². The summed E-state index contributed by atoms with van der Waals surface area (Å²) in [6, 6.07) is 71.3. The number of hydrogen-bond donors (Lipinski definition) is 0. The van der Waals surface area contributed by atoms with E-state index in [1.165, 1.54) is 21.7 Å². The maximum absolute atomic E-state index is 5.32. The van der Waals surface area contributed by atoms with E-state index in [0.29, 0.717) is 0 Å². The summed E-state index contributed by atoms with van der Waals surface area (Å²) in [5, 5.41) is 5.86. The van der Waals surface area contributed by atoms with Crippen LogP contribution in [0.3, 0.4) is 0 Å². The Morgan fingerprint density at radius 3 is 1.52 bits per heavy atom. The molecule has 0 fully saturated rings. The first kappa shape index (κ1) is 36.3. The van der Waals surface area contributed by atoms with Crippen LogP contribution in [0.15, 0.2) is 225 Å². The van der Waals surface area contributed by atoms with Crippen molar-refractivity contribution in [1.82, 2.24) is 24.5 Å². The second-order valence-corrected chi connectivity index (χ2v) is 15.9. The van der Waals surface area contributed by atoms with Gasteiger partial charge in [0.15, 0.2) is 0 Å². The Balaban J connectivity index is 1.06. The summed E-state index contributed by atoms with van der Waals surface area (Å²) in [7, 11) is 0. The summed E-state index contributed by atoms with van der Waals surface area (Å²) in [6.45, 7) is 0. The standard InChI is InChI=1S/C58H37N5/c1-2-9-44(10-3-1)57-51-26-25-49-48-13-5-7-16-55(48)63(58(49)56(51)50-14-4-6-15-52(50)62-57)47-12-8-11-45(35-47)46-36-53(42-21-17-38(18-22-42)40-27-31-59-32-28-40)61-54(37-46)43-23-19-39(20-24-43)41-29-33-60-34-30-41/h1-37H. The molecule has 0 saturated heterocycles. The molecule has 0 aliphatic heterocycles. The van der Waals surface area contributed by atoms with Crippen LogP contribution in [0.2, 0.25) is 0 Å². The van der Waals surface area contributed by atoms with Crippen LogP contribution in [-0.2, 0) is 0 Å². The summed E-state index contributed by atoms with van der Waals surface area (Å²) < 4.78 is 2.45. The van der Waals surface area contributed by atoms with E-state index in [-0.39, 0.29) is 0 Å². The minimum atomic E-state index is 0.905. The van der Waals surface area contributed by atoms with E-state index in [1.54, 1.807) is 0 Å². The van der Waals surface area contributed by atoms with Crippen LogP contribution >= 0.6 is 0 Å². The molecule has 5 heteroatoms. The van der Waals surface area contributed by atoms with E-state index in [2.05, 4.69) is 190 Å². The molecule has 12 rings (SSSR count). The molecule has 0 atom stereocenters. The lowest BCUT2D eigenvalue weighted by molar-refractivity contribution is 1.19. The van der Waals surface area contributed by atoms with Crippen LogP contribution in [0.4, 0.5) is 0 Å². The molecule has 0 aliphatic carbocycles. The number of para-hydroxylation sites is 2. The number of hydrogen-bond acceptors (Lipinski definition) is 4. The fourth-order valence-corrected chi connectivity index (χ4v) is 9.15. The van der Waals surface area contributed by atoms with E-state index in [0.717, 1.165) is 94.6 Å². The summed E-state index contributed by atoms with van der Waals surface area (Å²) in [6.07, 6.45) is 7.32. The van der Waals surface area contributed by atoms with Gasteiger partial charge in [-0.05, 0) is 94.0 Å². The highest BCUT2D eigenvalue weighted by Gasteiger charge is 2.20. The molecule has 5 aromatic heterocycles. The zero-order chi connectivity index (χ0) is 41.7. The molecule has 0 spiro atoms. The summed E-state index contributed by atoms with van der Waals surface area (Å²) in [5.41, 5.74) is 17.1. The highest BCUT2D eigenvalue weighted by molar-refractivity contribution is 6.27. The molecule has 294 valence electrons. The third-order valence-electron chi connectivity index (χ3n) is 12.2. The Bertz CT molecular complexity index is 3540. The van der Waals surface area contributed by atoms with Gasteiger partial charge in [0.1, 0.15) is 0 Å². The van der Waals surface area contributed by atoms with Gasteiger partial charge < -0.3 is 4.57 Å². The van der Waals surface area contributed by atoms with Gasteiger partial charge >= 0.3 is 0 Å². The number of benzene rings is 7. The highest BCUT2D eigenvalue weighted by atomic mass is 15.0. The summed E-state index contributed by atoms with van der Waals surface area (Å²) >= 11 is 0. The van der Waals surface area contributed by atoms with Crippen molar-refractivity contribution in [2.24, 2.45) is 0 Å². The number of aromatic nitrogens is 5. The van der Waals surface area contributed by atoms with Crippen molar-refractivity contribution in [3.05, 3.63) is 225 Å². The Morgan fingerprint density at radius 2 is 0.857 bits per heavy atom. The Kier molecular flexibility index (Phi) is 8.75. The first-order chi connectivity index (χ1) is 31.2. The second kappa shape index (κ2) is 15.2. The molecule has 0 amide bonds. The largest absolute Gasteiger partial charge is 0.309 e. The van der Waals surface area contributed by atoms with Crippen LogP contribution in [0.25, 0.3) is 116 Å². The van der Waals surface area contributed by atoms with Gasteiger partial charge in [0.2, 0.25) is 0 Å². The van der Waals surface area contributed by atoms with E-state index >= 15 is 0 Å². The van der Waals surface area contributed by atoms with E-state index in [9.17, 15) is 0 Å². The third-order valence-corrected chi connectivity index (χ3v) is 12.2. The average molecular weight is 804 g/mol. The molecule has 5 heterocycles. The van der Waals surface area contributed by atoms with Gasteiger partial charge in [-0.25, -0.2) is 9.97 Å². The van der Waals surface area contributed by atoms with Gasteiger partial charge in [-0.2, -0.15) is 0 Å². The first-order valence-corrected chi connectivity index (χ1v) is 21.2. The van der Waals surface area contributed by atoms with Crippen LogP contribution in [0, 0.1) is 0 Å². The predicted molar refractivity (Wildman–Crippen MR) is 260 cm³/mol. The first-order valence-electron chi connectivity index (χ1n) is 21.2. The number of pyridine rings is 4. The van der Waals surface area contributed by atoms with Crippen molar-refractivity contribution in [1.29, 1.82) is 0 Å². The predicted octanol–water partition coefficient (Wildman–Crippen LogP) is 14.7. The van der Waals surface area contributed by atoms with E-state index in [4.69, 9.17) is 9.97 Å². The van der Waals surface area contributed by atoms with Crippen LogP contribution in [-0.4, -0.2) is 24.5 Å². The lowest BCUT2D eigenvalue weighted by atomic mass is 9.97. The minimum absolute atomic E-state index is 0.905. The molecule has 0 N–H and O–H groups in total. The fraction of sp³-hybridized carbons (Fsp3) is 0. The number of fused-ring (bicyclic) bond motifs is 7. The lowest BCUT2D eigenvalue weighted by Crippen LogP contribution is -1.97. The maximum Gasteiger partial charge on any atom is 0.0788 e. The zero-order valence-electron chi connectivity index (χ0n) is 34.1. The molecule has 0 aliphatic rings. The average Bonchev–Trinajstić information content (AvgIpc) is 3.71.